The first kappa shape index (κ1) is 22.9. The van der Waals surface area contributed by atoms with E-state index in [2.05, 4.69) is 56.5 Å². The number of hydrogen-bond acceptors (Lipinski definition) is 8. The van der Waals surface area contributed by atoms with Gasteiger partial charge in [-0.05, 0) is 44.4 Å². The number of benzene rings is 1. The third-order valence-electron chi connectivity index (χ3n) is 7.19. The van der Waals surface area contributed by atoms with E-state index in [1.807, 2.05) is 6.07 Å². The number of fused-ring (bicyclic) bond motifs is 1. The number of hydrogen-bond donors (Lipinski definition) is 3. The number of nitrogens with zero attached hydrogens (tertiary/aromatic N) is 4. The van der Waals surface area contributed by atoms with Crippen LogP contribution in [0.5, 0.6) is 5.75 Å². The average molecular weight is 466 g/mol. The van der Waals surface area contributed by atoms with E-state index in [1.54, 1.807) is 13.4 Å². The van der Waals surface area contributed by atoms with Crippen LogP contribution in [0.1, 0.15) is 51.5 Å². The van der Waals surface area contributed by atoms with Crippen LogP contribution in [0.2, 0.25) is 0 Å². The van der Waals surface area contributed by atoms with Gasteiger partial charge in [-0.3, -0.25) is 4.90 Å². The second kappa shape index (κ2) is 9.76. The lowest BCUT2D eigenvalue weighted by Gasteiger charge is -2.41. The summed E-state index contributed by atoms with van der Waals surface area (Å²) in [5, 5.41) is 6.99. The Hall–Kier alpha value is -2.91. The van der Waals surface area contributed by atoms with Gasteiger partial charge in [0.05, 0.1) is 32.3 Å². The molecule has 0 radical (unpaired) electrons. The van der Waals surface area contributed by atoms with E-state index in [1.165, 1.54) is 24.8 Å². The molecule has 2 aliphatic rings. The third-order valence-corrected chi connectivity index (χ3v) is 7.19. The highest BCUT2D eigenvalue weighted by atomic mass is 16.5. The van der Waals surface area contributed by atoms with Crippen LogP contribution >= 0.6 is 0 Å². The lowest BCUT2D eigenvalue weighted by molar-refractivity contribution is -0.0118. The SMILES string of the molecule is COc1cc(C(C)(C)N2CCOCC2)ccc1Nc1nc(NC2CCCCC2)c2[nH]cnc2n1. The van der Waals surface area contributed by atoms with Crippen molar-refractivity contribution in [3.8, 4) is 5.75 Å². The second-order valence-corrected chi connectivity index (χ2v) is 9.67. The predicted molar refractivity (Wildman–Crippen MR) is 134 cm³/mol. The second-order valence-electron chi connectivity index (χ2n) is 9.67. The molecule has 3 heterocycles. The summed E-state index contributed by atoms with van der Waals surface area (Å²) in [6.45, 7) is 7.87. The molecule has 2 fully saturated rings. The van der Waals surface area contributed by atoms with Crippen molar-refractivity contribution in [2.45, 2.75) is 57.5 Å². The zero-order valence-electron chi connectivity index (χ0n) is 20.4. The molecule has 1 aromatic carbocycles. The van der Waals surface area contributed by atoms with E-state index >= 15 is 0 Å². The summed E-state index contributed by atoms with van der Waals surface area (Å²) in [5.41, 5.74) is 3.37. The molecule has 3 aromatic rings. The molecule has 2 aromatic heterocycles. The molecular formula is C25H35N7O2. The van der Waals surface area contributed by atoms with Crippen LogP contribution in [0.15, 0.2) is 24.5 Å². The molecule has 1 saturated carbocycles. The van der Waals surface area contributed by atoms with Gasteiger partial charge in [-0.15, -0.1) is 0 Å². The van der Waals surface area contributed by atoms with Crippen LogP contribution in [-0.4, -0.2) is 64.3 Å². The number of ether oxygens (including phenoxy) is 2. The van der Waals surface area contributed by atoms with Gasteiger partial charge in [0.25, 0.3) is 0 Å². The lowest BCUT2D eigenvalue weighted by atomic mass is 9.91. The third kappa shape index (κ3) is 4.67. The van der Waals surface area contributed by atoms with Crippen LogP contribution in [0.4, 0.5) is 17.5 Å². The fourth-order valence-corrected chi connectivity index (χ4v) is 5.03. The smallest absolute Gasteiger partial charge is 0.231 e. The monoisotopic (exact) mass is 465 g/mol. The topological polar surface area (TPSA) is 100 Å². The Kier molecular flexibility index (Phi) is 6.56. The van der Waals surface area contributed by atoms with Crippen molar-refractivity contribution in [3.05, 3.63) is 30.1 Å². The molecule has 0 bridgehead atoms. The van der Waals surface area contributed by atoms with Crippen molar-refractivity contribution in [3.63, 3.8) is 0 Å². The maximum atomic E-state index is 5.77. The molecule has 0 atom stereocenters. The minimum atomic E-state index is -0.128. The highest BCUT2D eigenvalue weighted by Crippen LogP contribution is 2.36. The molecule has 0 amide bonds. The van der Waals surface area contributed by atoms with E-state index < -0.39 is 0 Å². The van der Waals surface area contributed by atoms with Crippen molar-refractivity contribution < 1.29 is 9.47 Å². The maximum absolute atomic E-state index is 5.77. The summed E-state index contributed by atoms with van der Waals surface area (Å²) in [7, 11) is 1.69. The van der Waals surface area contributed by atoms with E-state index in [9.17, 15) is 0 Å². The Balaban J connectivity index is 1.40. The van der Waals surface area contributed by atoms with Gasteiger partial charge >= 0.3 is 0 Å². The Morgan fingerprint density at radius 3 is 2.68 bits per heavy atom. The Morgan fingerprint density at radius 1 is 1.12 bits per heavy atom. The molecule has 34 heavy (non-hydrogen) atoms. The molecular weight excluding hydrogens is 430 g/mol. The average Bonchev–Trinajstić information content (AvgIpc) is 3.34. The van der Waals surface area contributed by atoms with Crippen LogP contribution in [0.25, 0.3) is 11.2 Å². The number of methoxy groups -OCH3 is 1. The summed E-state index contributed by atoms with van der Waals surface area (Å²) in [6.07, 6.45) is 7.81. The number of anilines is 3. The van der Waals surface area contributed by atoms with Crippen molar-refractivity contribution >= 4 is 28.6 Å². The Labute approximate surface area is 200 Å². The van der Waals surface area contributed by atoms with E-state index in [4.69, 9.17) is 14.5 Å². The van der Waals surface area contributed by atoms with E-state index in [0.29, 0.717) is 17.6 Å². The van der Waals surface area contributed by atoms with Crippen LogP contribution in [0.3, 0.4) is 0 Å². The minimum Gasteiger partial charge on any atom is -0.495 e. The van der Waals surface area contributed by atoms with Crippen LogP contribution in [0, 0.1) is 0 Å². The first-order valence-corrected chi connectivity index (χ1v) is 12.3. The summed E-state index contributed by atoms with van der Waals surface area (Å²) in [5.74, 6) is 2.05. The number of nitrogens with one attached hydrogen (secondary N) is 3. The van der Waals surface area contributed by atoms with E-state index in [0.717, 1.165) is 61.9 Å². The predicted octanol–water partition coefficient (Wildman–Crippen LogP) is 4.42. The van der Waals surface area contributed by atoms with Crippen molar-refractivity contribution in [2.24, 2.45) is 0 Å². The molecule has 0 unspecified atom stereocenters. The molecule has 9 nitrogen and oxygen atoms in total. The van der Waals surface area contributed by atoms with Gasteiger partial charge < -0.3 is 25.1 Å². The number of imidazole rings is 1. The standard InChI is InChI=1S/C25H35N7O2/c1-25(2,32-11-13-34-14-12-32)17-9-10-19(20(15-17)33-3)29-24-30-22-21(26-16-27-22)23(31-24)28-18-7-5-4-6-8-18/h9-10,15-16,18H,4-8,11-14H2,1-3H3,(H3,26,27,28,29,30,31). The maximum Gasteiger partial charge on any atom is 0.231 e. The summed E-state index contributed by atoms with van der Waals surface area (Å²) < 4.78 is 11.3. The first-order valence-electron chi connectivity index (χ1n) is 12.3. The van der Waals surface area contributed by atoms with Gasteiger partial charge in [0, 0.05) is 24.7 Å². The van der Waals surface area contributed by atoms with Crippen molar-refractivity contribution in [1.82, 2.24) is 24.8 Å². The molecule has 9 heteroatoms. The summed E-state index contributed by atoms with van der Waals surface area (Å²) in [4.78, 5) is 19.4. The van der Waals surface area contributed by atoms with Gasteiger partial charge in [0.1, 0.15) is 11.3 Å². The lowest BCUT2D eigenvalue weighted by Crippen LogP contribution is -2.47. The van der Waals surface area contributed by atoms with Gasteiger partial charge in [-0.2, -0.15) is 9.97 Å². The quantitative estimate of drug-likeness (QED) is 0.472. The minimum absolute atomic E-state index is 0.128. The summed E-state index contributed by atoms with van der Waals surface area (Å²) >= 11 is 0. The molecule has 1 aliphatic heterocycles. The Bertz CT molecular complexity index is 1120. The largest absolute Gasteiger partial charge is 0.495 e. The highest BCUT2D eigenvalue weighted by Gasteiger charge is 2.30. The van der Waals surface area contributed by atoms with Crippen molar-refractivity contribution in [2.75, 3.05) is 44.0 Å². The number of morpholine rings is 1. The molecule has 1 saturated heterocycles. The number of rotatable bonds is 7. The molecule has 3 N–H and O–H groups in total. The fourth-order valence-electron chi connectivity index (χ4n) is 5.03. The summed E-state index contributed by atoms with van der Waals surface area (Å²) in [6, 6.07) is 6.72. The highest BCUT2D eigenvalue weighted by molar-refractivity contribution is 5.84. The normalized spacial score (nSPS) is 18.2. The number of aromatic nitrogens is 4. The molecule has 5 rings (SSSR count). The first-order chi connectivity index (χ1) is 16.5. The fraction of sp³-hybridized carbons (Fsp3) is 0.560. The van der Waals surface area contributed by atoms with Crippen LogP contribution < -0.4 is 15.4 Å². The Morgan fingerprint density at radius 2 is 1.91 bits per heavy atom. The zero-order chi connectivity index (χ0) is 23.5. The van der Waals surface area contributed by atoms with Crippen LogP contribution in [-0.2, 0) is 10.3 Å². The van der Waals surface area contributed by atoms with E-state index in [-0.39, 0.29) is 5.54 Å². The van der Waals surface area contributed by atoms with Gasteiger partial charge in [0.15, 0.2) is 11.5 Å². The zero-order valence-corrected chi connectivity index (χ0v) is 20.4. The van der Waals surface area contributed by atoms with Gasteiger partial charge in [-0.25, -0.2) is 4.98 Å². The molecule has 182 valence electrons. The van der Waals surface area contributed by atoms with Crippen molar-refractivity contribution in [1.29, 1.82) is 0 Å². The van der Waals surface area contributed by atoms with Gasteiger partial charge in [0.2, 0.25) is 5.95 Å². The molecule has 1 aliphatic carbocycles. The number of aromatic amines is 1. The molecule has 0 spiro atoms. The number of H-pyrrole nitrogens is 1. The van der Waals surface area contributed by atoms with Gasteiger partial charge in [-0.1, -0.05) is 25.3 Å².